The molecule has 0 bridgehead atoms. The third kappa shape index (κ3) is 2.53. The van der Waals surface area contributed by atoms with E-state index in [-0.39, 0.29) is 5.91 Å². The van der Waals surface area contributed by atoms with Gasteiger partial charge in [0.2, 0.25) is 0 Å². The molecule has 1 aliphatic heterocycles. The molecule has 1 aromatic heterocycles. The average molecular weight is 383 g/mol. The molecule has 5 nitrogen and oxygen atoms in total. The van der Waals surface area contributed by atoms with Crippen molar-refractivity contribution in [3.63, 3.8) is 0 Å². The fourth-order valence-electron chi connectivity index (χ4n) is 2.86. The number of carbonyl (C=O) groups excluding carboxylic acids is 1. The van der Waals surface area contributed by atoms with Crippen LogP contribution >= 0.6 is 15.9 Å². The number of fused-ring (bicyclic) bond motifs is 2. The molecule has 6 heteroatoms. The second-order valence-corrected chi connectivity index (χ2v) is 6.66. The van der Waals surface area contributed by atoms with E-state index in [0.29, 0.717) is 17.9 Å². The summed E-state index contributed by atoms with van der Waals surface area (Å²) >= 11 is 3.42. The molecule has 0 radical (unpaired) electrons. The number of hydrogen-bond acceptors (Lipinski definition) is 4. The van der Waals surface area contributed by atoms with Gasteiger partial charge in [0.15, 0.2) is 11.6 Å². The van der Waals surface area contributed by atoms with Crippen molar-refractivity contribution >= 4 is 44.5 Å². The van der Waals surface area contributed by atoms with E-state index in [2.05, 4.69) is 15.9 Å². The quantitative estimate of drug-likeness (QED) is 0.646. The average Bonchev–Trinajstić information content (AvgIpc) is 2.60. The lowest BCUT2D eigenvalue weighted by Crippen LogP contribution is -2.43. The lowest BCUT2D eigenvalue weighted by atomic mass is 10.2. The van der Waals surface area contributed by atoms with E-state index in [1.807, 2.05) is 60.5 Å². The normalized spacial score (nSPS) is 13.9. The third-order valence-corrected chi connectivity index (χ3v) is 4.62. The fraction of sp³-hybridized carbons (Fsp3) is 0.167. The smallest absolute Gasteiger partial charge is 0.259 e. The van der Waals surface area contributed by atoms with E-state index in [0.717, 1.165) is 27.9 Å². The van der Waals surface area contributed by atoms with Gasteiger partial charge in [0.05, 0.1) is 11.0 Å². The van der Waals surface area contributed by atoms with Gasteiger partial charge in [0.25, 0.3) is 5.91 Å². The third-order valence-electron chi connectivity index (χ3n) is 4.13. The summed E-state index contributed by atoms with van der Waals surface area (Å²) in [6.07, 6.45) is 0. The lowest BCUT2D eigenvalue weighted by molar-refractivity contribution is 0.0986. The summed E-state index contributed by atoms with van der Waals surface area (Å²) in [4.78, 5) is 26.1. The predicted octanol–water partition coefficient (Wildman–Crippen LogP) is 3.49. The second kappa shape index (κ2) is 5.87. The van der Waals surface area contributed by atoms with Gasteiger partial charge in [-0.15, -0.1) is 0 Å². The van der Waals surface area contributed by atoms with Gasteiger partial charge in [-0.25, -0.2) is 9.97 Å². The van der Waals surface area contributed by atoms with Crippen LogP contribution in [0.5, 0.6) is 0 Å². The first-order valence-electron chi connectivity index (χ1n) is 7.69. The summed E-state index contributed by atoms with van der Waals surface area (Å²) in [5, 5.41) is 0. The first kappa shape index (κ1) is 15.1. The lowest BCUT2D eigenvalue weighted by Gasteiger charge is -2.33. The zero-order valence-corrected chi connectivity index (χ0v) is 14.7. The second-order valence-electron chi connectivity index (χ2n) is 5.75. The van der Waals surface area contributed by atoms with Crippen molar-refractivity contribution in [3.05, 3.63) is 58.6 Å². The number of carbonyl (C=O) groups is 1. The van der Waals surface area contributed by atoms with Crippen molar-refractivity contribution in [1.29, 1.82) is 0 Å². The number of anilines is 2. The molecule has 1 aliphatic rings. The molecule has 24 heavy (non-hydrogen) atoms. The van der Waals surface area contributed by atoms with Crippen LogP contribution in [0.25, 0.3) is 11.0 Å². The topological polar surface area (TPSA) is 49.3 Å². The van der Waals surface area contributed by atoms with E-state index in [1.165, 1.54) is 0 Å². The Morgan fingerprint density at radius 2 is 1.71 bits per heavy atom. The first-order valence-corrected chi connectivity index (χ1v) is 8.48. The van der Waals surface area contributed by atoms with Crippen molar-refractivity contribution in [3.8, 4) is 0 Å². The van der Waals surface area contributed by atoms with Crippen molar-refractivity contribution in [1.82, 2.24) is 9.97 Å². The highest BCUT2D eigenvalue weighted by atomic mass is 79.9. The SMILES string of the molecule is CN1CCN(C(=O)c2cccc(Br)c2)c2nc3ccccc3nc21. The largest absolute Gasteiger partial charge is 0.355 e. The Bertz CT molecular complexity index is 943. The highest BCUT2D eigenvalue weighted by Crippen LogP contribution is 2.31. The van der Waals surface area contributed by atoms with Crippen molar-refractivity contribution in [2.75, 3.05) is 29.9 Å². The highest BCUT2D eigenvalue weighted by molar-refractivity contribution is 9.10. The van der Waals surface area contributed by atoms with Gasteiger partial charge >= 0.3 is 0 Å². The molecule has 120 valence electrons. The number of nitrogens with zero attached hydrogens (tertiary/aromatic N) is 4. The minimum atomic E-state index is -0.0600. The van der Waals surface area contributed by atoms with Crippen molar-refractivity contribution in [2.24, 2.45) is 0 Å². The molecule has 0 saturated carbocycles. The van der Waals surface area contributed by atoms with Gasteiger partial charge in [0.1, 0.15) is 0 Å². The number of halogens is 1. The summed E-state index contributed by atoms with van der Waals surface area (Å²) in [6, 6.07) is 15.1. The molecule has 2 heterocycles. The molecule has 0 unspecified atom stereocenters. The van der Waals surface area contributed by atoms with E-state index >= 15 is 0 Å². The maximum atomic E-state index is 13.0. The van der Waals surface area contributed by atoms with Crippen molar-refractivity contribution < 1.29 is 4.79 Å². The van der Waals surface area contributed by atoms with Crippen LogP contribution in [0, 0.1) is 0 Å². The van der Waals surface area contributed by atoms with E-state index in [9.17, 15) is 4.79 Å². The molecule has 2 aromatic carbocycles. The summed E-state index contributed by atoms with van der Waals surface area (Å²) in [5.74, 6) is 1.30. The zero-order chi connectivity index (χ0) is 16.7. The molecule has 0 atom stereocenters. The Labute approximate surface area is 148 Å². The van der Waals surface area contributed by atoms with E-state index in [4.69, 9.17) is 9.97 Å². The molecular formula is C18H15BrN4O. The summed E-state index contributed by atoms with van der Waals surface area (Å²) < 4.78 is 0.882. The highest BCUT2D eigenvalue weighted by Gasteiger charge is 2.29. The Kier molecular flexibility index (Phi) is 3.69. The van der Waals surface area contributed by atoms with Crippen LogP contribution in [0.4, 0.5) is 11.6 Å². The molecule has 3 aromatic rings. The number of amides is 1. The van der Waals surface area contributed by atoms with Gasteiger partial charge in [-0.05, 0) is 30.3 Å². The van der Waals surface area contributed by atoms with Crippen LogP contribution in [0.1, 0.15) is 10.4 Å². The Morgan fingerprint density at radius 1 is 1.00 bits per heavy atom. The van der Waals surface area contributed by atoms with Crippen LogP contribution in [-0.2, 0) is 0 Å². The predicted molar refractivity (Wildman–Crippen MR) is 98.6 cm³/mol. The van der Waals surface area contributed by atoms with Crippen LogP contribution in [0.2, 0.25) is 0 Å². The molecule has 1 amide bonds. The fourth-order valence-corrected chi connectivity index (χ4v) is 3.25. The number of para-hydroxylation sites is 2. The van der Waals surface area contributed by atoms with Gasteiger partial charge in [0, 0.05) is 30.2 Å². The monoisotopic (exact) mass is 382 g/mol. The summed E-state index contributed by atoms with van der Waals surface area (Å²) in [5.41, 5.74) is 2.26. The minimum Gasteiger partial charge on any atom is -0.355 e. The molecule has 0 fully saturated rings. The number of rotatable bonds is 1. The maximum absolute atomic E-state index is 13.0. The molecule has 0 saturated heterocycles. The van der Waals surface area contributed by atoms with E-state index in [1.54, 1.807) is 4.90 Å². The molecule has 0 spiro atoms. The summed E-state index contributed by atoms with van der Waals surface area (Å²) in [7, 11) is 1.98. The van der Waals surface area contributed by atoms with Gasteiger partial charge in [-0.2, -0.15) is 0 Å². The van der Waals surface area contributed by atoms with Gasteiger partial charge in [-0.3, -0.25) is 9.69 Å². The van der Waals surface area contributed by atoms with Crippen LogP contribution in [0.15, 0.2) is 53.0 Å². The molecular weight excluding hydrogens is 368 g/mol. The minimum absolute atomic E-state index is 0.0600. The maximum Gasteiger partial charge on any atom is 0.259 e. The number of aromatic nitrogens is 2. The van der Waals surface area contributed by atoms with Crippen LogP contribution in [0.3, 0.4) is 0 Å². The van der Waals surface area contributed by atoms with Crippen LogP contribution in [-0.4, -0.2) is 36.0 Å². The first-order chi connectivity index (χ1) is 11.6. The standard InChI is InChI=1S/C18H15BrN4O/c1-22-9-10-23(18(24)12-5-4-6-13(19)11-12)17-16(22)20-14-7-2-3-8-15(14)21-17/h2-8,11H,9-10H2,1H3. The molecule has 0 N–H and O–H groups in total. The Morgan fingerprint density at radius 3 is 2.42 bits per heavy atom. The summed E-state index contributed by atoms with van der Waals surface area (Å²) in [6.45, 7) is 1.31. The Balaban J connectivity index is 1.83. The Hall–Kier alpha value is -2.47. The van der Waals surface area contributed by atoms with Gasteiger partial charge in [-0.1, -0.05) is 34.1 Å². The van der Waals surface area contributed by atoms with Crippen molar-refractivity contribution in [2.45, 2.75) is 0 Å². The number of benzene rings is 2. The number of hydrogen-bond donors (Lipinski definition) is 0. The molecule has 4 rings (SSSR count). The van der Waals surface area contributed by atoms with Gasteiger partial charge < -0.3 is 4.90 Å². The zero-order valence-electron chi connectivity index (χ0n) is 13.1. The van der Waals surface area contributed by atoms with Crippen LogP contribution < -0.4 is 9.80 Å². The molecule has 0 aliphatic carbocycles. The number of likely N-dealkylation sites (N-methyl/N-ethyl adjacent to an activating group) is 1. The van der Waals surface area contributed by atoms with E-state index < -0.39 is 0 Å².